The lowest BCUT2D eigenvalue weighted by Gasteiger charge is -2.41. The lowest BCUT2D eigenvalue weighted by atomic mass is 9.74. The Hall–Kier alpha value is 0.290. The van der Waals surface area contributed by atoms with Crippen molar-refractivity contribution in [3.8, 4) is 0 Å². The van der Waals surface area contributed by atoms with Gasteiger partial charge in [-0.2, -0.15) is 0 Å². The van der Waals surface area contributed by atoms with Gasteiger partial charge in [-0.3, -0.25) is 0 Å². The SMILES string of the molecule is CC1C(C)C(P)C(C)C(F)C1F. The van der Waals surface area contributed by atoms with E-state index in [1.165, 1.54) is 0 Å². The van der Waals surface area contributed by atoms with Crippen molar-refractivity contribution < 1.29 is 8.78 Å². The van der Waals surface area contributed by atoms with Gasteiger partial charge >= 0.3 is 0 Å². The van der Waals surface area contributed by atoms with E-state index in [1.807, 2.05) is 6.92 Å². The van der Waals surface area contributed by atoms with E-state index in [0.717, 1.165) is 0 Å². The van der Waals surface area contributed by atoms with Crippen molar-refractivity contribution in [3.63, 3.8) is 0 Å². The van der Waals surface area contributed by atoms with Crippen LogP contribution in [0.5, 0.6) is 0 Å². The maximum Gasteiger partial charge on any atom is 0.135 e. The maximum absolute atomic E-state index is 13.3. The first-order valence-corrected chi connectivity index (χ1v) is 5.17. The third-order valence-corrected chi connectivity index (χ3v) is 4.57. The zero-order chi connectivity index (χ0) is 9.46. The molecule has 0 N–H and O–H groups in total. The Balaban J connectivity index is 2.76. The van der Waals surface area contributed by atoms with E-state index in [9.17, 15) is 8.78 Å². The zero-order valence-electron chi connectivity index (χ0n) is 7.80. The minimum absolute atomic E-state index is 0.154. The van der Waals surface area contributed by atoms with Crippen LogP contribution in [0.3, 0.4) is 0 Å². The van der Waals surface area contributed by atoms with E-state index in [2.05, 4.69) is 9.24 Å². The molecule has 0 aliphatic heterocycles. The topological polar surface area (TPSA) is 0 Å². The number of rotatable bonds is 0. The number of alkyl halides is 2. The van der Waals surface area contributed by atoms with Crippen molar-refractivity contribution in [2.24, 2.45) is 17.8 Å². The summed E-state index contributed by atoms with van der Waals surface area (Å²) in [4.78, 5) is 0. The van der Waals surface area contributed by atoms with E-state index in [4.69, 9.17) is 0 Å². The van der Waals surface area contributed by atoms with Crippen LogP contribution < -0.4 is 0 Å². The van der Waals surface area contributed by atoms with Gasteiger partial charge in [-0.1, -0.05) is 20.8 Å². The highest BCUT2D eigenvalue weighted by atomic mass is 31.0. The van der Waals surface area contributed by atoms with E-state index < -0.39 is 12.3 Å². The second-order valence-electron chi connectivity index (χ2n) is 4.04. The van der Waals surface area contributed by atoms with Crippen LogP contribution in [0.2, 0.25) is 0 Å². The quantitative estimate of drug-likeness (QED) is 0.520. The standard InChI is InChI=1S/C9H17F2P/c1-4-5(2)9(12)6(3)8(11)7(4)10/h4-9H,12H2,1-3H3. The predicted octanol–water partition coefficient (Wildman–Crippen LogP) is 2.83. The molecule has 0 nitrogen and oxygen atoms in total. The van der Waals surface area contributed by atoms with E-state index in [0.29, 0.717) is 0 Å². The molecule has 0 heterocycles. The van der Waals surface area contributed by atoms with Crippen LogP contribution in [0.4, 0.5) is 8.78 Å². The van der Waals surface area contributed by atoms with Gasteiger partial charge in [0.05, 0.1) is 0 Å². The molecule has 0 aromatic rings. The Kier molecular flexibility index (Phi) is 3.09. The normalized spacial score (nSPS) is 55.5. The molecule has 0 bridgehead atoms. The van der Waals surface area contributed by atoms with Gasteiger partial charge < -0.3 is 0 Å². The van der Waals surface area contributed by atoms with Crippen LogP contribution in [0.15, 0.2) is 0 Å². The van der Waals surface area contributed by atoms with Crippen LogP contribution in [0, 0.1) is 17.8 Å². The summed E-state index contributed by atoms with van der Waals surface area (Å²) in [5.41, 5.74) is 0.210. The fraction of sp³-hybridized carbons (Fsp3) is 1.00. The number of hydrogen-bond donors (Lipinski definition) is 0. The van der Waals surface area contributed by atoms with E-state index in [-0.39, 0.29) is 23.4 Å². The van der Waals surface area contributed by atoms with Crippen LogP contribution in [0.25, 0.3) is 0 Å². The molecule has 0 aromatic heterocycles. The summed E-state index contributed by atoms with van der Waals surface area (Å²) in [6, 6.07) is 0. The first-order chi connectivity index (χ1) is 5.46. The van der Waals surface area contributed by atoms with E-state index in [1.54, 1.807) is 13.8 Å². The zero-order valence-corrected chi connectivity index (χ0v) is 8.95. The molecule has 3 heteroatoms. The van der Waals surface area contributed by atoms with Gasteiger partial charge in [-0.25, -0.2) is 8.78 Å². The molecule has 1 aliphatic rings. The van der Waals surface area contributed by atoms with Crippen molar-refractivity contribution in [3.05, 3.63) is 0 Å². The second kappa shape index (κ2) is 3.57. The lowest BCUT2D eigenvalue weighted by molar-refractivity contribution is 0.0113. The van der Waals surface area contributed by atoms with Crippen molar-refractivity contribution >= 4 is 9.24 Å². The summed E-state index contributed by atoms with van der Waals surface area (Å²) >= 11 is 0. The minimum Gasteiger partial charge on any atom is -0.244 e. The Bertz CT molecular complexity index is 104. The molecular formula is C9H17F2P. The molecule has 1 fully saturated rings. The number of hydrogen-bond acceptors (Lipinski definition) is 0. The summed E-state index contributed by atoms with van der Waals surface area (Å²) in [7, 11) is 2.64. The van der Waals surface area contributed by atoms with Gasteiger partial charge in [0, 0.05) is 0 Å². The minimum atomic E-state index is -1.28. The molecule has 0 saturated heterocycles. The summed E-state index contributed by atoms with van der Waals surface area (Å²) in [6.07, 6.45) is -2.55. The van der Waals surface area contributed by atoms with Crippen molar-refractivity contribution in [2.45, 2.75) is 38.8 Å². The third-order valence-electron chi connectivity index (χ3n) is 3.35. The molecule has 7 unspecified atom stereocenters. The summed E-state index contributed by atoms with van der Waals surface area (Å²) in [5.74, 6) is -0.0677. The Morgan fingerprint density at radius 3 is 1.75 bits per heavy atom. The average Bonchev–Trinajstić information content (AvgIpc) is 2.08. The molecule has 0 spiro atoms. The number of halogens is 2. The fourth-order valence-electron chi connectivity index (χ4n) is 1.91. The van der Waals surface area contributed by atoms with E-state index >= 15 is 0 Å². The first kappa shape index (κ1) is 10.4. The van der Waals surface area contributed by atoms with Gasteiger partial charge in [-0.15, -0.1) is 9.24 Å². The third kappa shape index (κ3) is 1.51. The second-order valence-corrected chi connectivity index (χ2v) is 4.81. The Morgan fingerprint density at radius 2 is 1.25 bits per heavy atom. The molecule has 7 atom stereocenters. The smallest absolute Gasteiger partial charge is 0.135 e. The summed E-state index contributed by atoms with van der Waals surface area (Å²) < 4.78 is 26.5. The van der Waals surface area contributed by atoms with Crippen molar-refractivity contribution in [2.75, 3.05) is 0 Å². The lowest BCUT2D eigenvalue weighted by Crippen LogP contribution is -2.46. The average molecular weight is 194 g/mol. The molecule has 0 amide bonds. The molecule has 72 valence electrons. The van der Waals surface area contributed by atoms with Gasteiger partial charge in [-0.05, 0) is 23.4 Å². The van der Waals surface area contributed by atoms with Crippen molar-refractivity contribution in [1.82, 2.24) is 0 Å². The van der Waals surface area contributed by atoms with Gasteiger partial charge in [0.25, 0.3) is 0 Å². The molecule has 0 radical (unpaired) electrons. The molecule has 1 rings (SSSR count). The van der Waals surface area contributed by atoms with Crippen LogP contribution in [0.1, 0.15) is 20.8 Å². The molecule has 1 aliphatic carbocycles. The summed E-state index contributed by atoms with van der Waals surface area (Å²) in [6.45, 7) is 5.58. The monoisotopic (exact) mass is 194 g/mol. The molecule has 12 heavy (non-hydrogen) atoms. The first-order valence-electron chi connectivity index (χ1n) is 4.50. The highest BCUT2D eigenvalue weighted by molar-refractivity contribution is 7.17. The largest absolute Gasteiger partial charge is 0.244 e. The molecule has 1 saturated carbocycles. The highest BCUT2D eigenvalue weighted by Gasteiger charge is 2.44. The predicted molar refractivity (Wildman–Crippen MR) is 50.8 cm³/mol. The van der Waals surface area contributed by atoms with Gasteiger partial charge in [0.2, 0.25) is 0 Å². The Morgan fingerprint density at radius 1 is 0.833 bits per heavy atom. The van der Waals surface area contributed by atoms with Crippen LogP contribution >= 0.6 is 9.24 Å². The Labute approximate surface area is 75.3 Å². The summed E-state index contributed by atoms with van der Waals surface area (Å²) in [5, 5.41) is 0. The van der Waals surface area contributed by atoms with Gasteiger partial charge in [0.1, 0.15) is 12.3 Å². The van der Waals surface area contributed by atoms with Crippen LogP contribution in [-0.2, 0) is 0 Å². The molecule has 0 aromatic carbocycles. The van der Waals surface area contributed by atoms with Crippen LogP contribution in [-0.4, -0.2) is 18.0 Å². The fourth-order valence-corrected chi connectivity index (χ4v) is 2.47. The highest BCUT2D eigenvalue weighted by Crippen LogP contribution is 2.41. The maximum atomic E-state index is 13.3. The van der Waals surface area contributed by atoms with Gasteiger partial charge in [0.15, 0.2) is 0 Å². The van der Waals surface area contributed by atoms with Crippen molar-refractivity contribution in [1.29, 1.82) is 0 Å². The molecular weight excluding hydrogens is 177 g/mol.